The lowest BCUT2D eigenvalue weighted by atomic mass is 10.1. The average Bonchev–Trinajstić information content (AvgIpc) is 3.67. The van der Waals surface area contributed by atoms with E-state index in [1.54, 1.807) is 17.7 Å². The van der Waals surface area contributed by atoms with Crippen molar-refractivity contribution in [2.75, 3.05) is 4.90 Å². The molecule has 0 spiro atoms. The Morgan fingerprint density at radius 2 is 1.67 bits per heavy atom. The molecule has 0 radical (unpaired) electrons. The summed E-state index contributed by atoms with van der Waals surface area (Å²) in [6, 6.07) is 37.2. The molecule has 0 aliphatic carbocycles. The second-order valence-electron chi connectivity index (χ2n) is 10.6. The highest BCUT2D eigenvalue weighted by Gasteiger charge is 2.16. The summed E-state index contributed by atoms with van der Waals surface area (Å²) in [5.41, 5.74) is 8.10. The maximum Gasteiger partial charge on any atom is 0.152 e. The molecule has 4 aromatic carbocycles. The number of thiazole rings is 1. The molecular formula is C35H27N7S. The molecule has 43 heavy (non-hydrogen) atoms. The van der Waals surface area contributed by atoms with Gasteiger partial charge in [-0.2, -0.15) is 5.26 Å². The molecule has 0 amide bonds. The lowest BCUT2D eigenvalue weighted by molar-refractivity contribution is 0.676. The minimum Gasteiger partial charge on any atom is -0.358 e. The molecular weight excluding hydrogens is 551 g/mol. The predicted octanol–water partition coefficient (Wildman–Crippen LogP) is 7.54. The Morgan fingerprint density at radius 1 is 0.837 bits per heavy atom. The average molecular weight is 578 g/mol. The van der Waals surface area contributed by atoms with Crippen LogP contribution in [-0.2, 0) is 19.6 Å². The zero-order valence-corrected chi connectivity index (χ0v) is 24.4. The molecule has 0 atom stereocenters. The number of pyridine rings is 1. The summed E-state index contributed by atoms with van der Waals surface area (Å²) in [6.45, 7) is 3.88. The van der Waals surface area contributed by atoms with Crippen LogP contribution in [0.5, 0.6) is 0 Å². The molecule has 0 unspecified atom stereocenters. The van der Waals surface area contributed by atoms with E-state index in [1.807, 2.05) is 42.5 Å². The number of aryl methyl sites for hydroxylation is 1. The molecule has 7 aromatic rings. The highest BCUT2D eigenvalue weighted by molar-refractivity contribution is 7.21. The van der Waals surface area contributed by atoms with Crippen LogP contribution in [0.2, 0.25) is 0 Å². The van der Waals surface area contributed by atoms with Crippen molar-refractivity contribution in [3.63, 3.8) is 0 Å². The molecule has 3 heterocycles. The van der Waals surface area contributed by atoms with Crippen molar-refractivity contribution < 1.29 is 0 Å². The molecule has 7 nitrogen and oxygen atoms in total. The third-order valence-electron chi connectivity index (χ3n) is 7.50. The number of benzene rings is 4. The number of aromatic nitrogens is 5. The Bertz CT molecular complexity index is 2090. The molecule has 0 aliphatic rings. The second kappa shape index (κ2) is 11.5. The molecule has 0 N–H and O–H groups in total. The van der Waals surface area contributed by atoms with Gasteiger partial charge in [0, 0.05) is 16.6 Å². The first kappa shape index (κ1) is 26.5. The first-order valence-electron chi connectivity index (χ1n) is 14.0. The van der Waals surface area contributed by atoms with Gasteiger partial charge in [0.2, 0.25) is 0 Å². The van der Waals surface area contributed by atoms with Crippen molar-refractivity contribution in [2.24, 2.45) is 0 Å². The van der Waals surface area contributed by atoms with E-state index in [4.69, 9.17) is 15.2 Å². The Kier molecular flexibility index (Phi) is 7.07. The normalized spacial score (nSPS) is 11.2. The Morgan fingerprint density at radius 3 is 2.51 bits per heavy atom. The van der Waals surface area contributed by atoms with E-state index >= 15 is 0 Å². The maximum absolute atomic E-state index is 9.15. The predicted molar refractivity (Wildman–Crippen MR) is 172 cm³/mol. The smallest absolute Gasteiger partial charge is 0.152 e. The molecule has 0 saturated carbocycles. The highest BCUT2D eigenvalue weighted by atomic mass is 32.1. The summed E-state index contributed by atoms with van der Waals surface area (Å²) in [6.07, 6.45) is 1.76. The third kappa shape index (κ3) is 5.71. The number of nitrogens with zero attached hydrogens (tertiary/aromatic N) is 7. The van der Waals surface area contributed by atoms with Crippen LogP contribution in [0.4, 0.5) is 5.69 Å². The number of para-hydroxylation sites is 1. The van der Waals surface area contributed by atoms with Crippen LogP contribution in [0.15, 0.2) is 109 Å². The zero-order chi connectivity index (χ0) is 29.2. The van der Waals surface area contributed by atoms with E-state index in [0.29, 0.717) is 25.2 Å². The molecule has 0 bridgehead atoms. The maximum atomic E-state index is 9.15. The monoisotopic (exact) mass is 577 g/mol. The SMILES string of the molecule is Cc1ccc2nc(-c3ccc(N(Cc4ccc5ccccc5n4)Cc4nncn4Cc4ccc(C#N)cc4)cc3)sc2c1. The minimum absolute atomic E-state index is 0.546. The summed E-state index contributed by atoms with van der Waals surface area (Å²) in [7, 11) is 0. The van der Waals surface area contributed by atoms with Crippen LogP contribution in [-0.4, -0.2) is 24.7 Å². The van der Waals surface area contributed by atoms with E-state index in [-0.39, 0.29) is 0 Å². The number of anilines is 1. The Balaban J connectivity index is 1.19. The molecule has 0 aliphatic heterocycles. The zero-order valence-electron chi connectivity index (χ0n) is 23.6. The Hall–Kier alpha value is -5.39. The molecule has 208 valence electrons. The number of nitriles is 1. The van der Waals surface area contributed by atoms with Gasteiger partial charge in [-0.3, -0.25) is 4.98 Å². The van der Waals surface area contributed by atoms with E-state index in [9.17, 15) is 0 Å². The van der Waals surface area contributed by atoms with E-state index in [2.05, 4.69) is 93.3 Å². The van der Waals surface area contributed by atoms with Crippen molar-refractivity contribution in [3.8, 4) is 16.6 Å². The van der Waals surface area contributed by atoms with Gasteiger partial charge in [-0.05, 0) is 78.7 Å². The van der Waals surface area contributed by atoms with Crippen LogP contribution in [0.3, 0.4) is 0 Å². The summed E-state index contributed by atoms with van der Waals surface area (Å²) in [5, 5.41) is 20.0. The van der Waals surface area contributed by atoms with Gasteiger partial charge >= 0.3 is 0 Å². The molecule has 3 aromatic heterocycles. The standard InChI is InChI=1S/C35H27N7S/c1-24-6-17-32-33(18-24)43-35(39-32)28-12-15-30(16-13-28)41(21-29-14-11-27-4-2-3-5-31(27)38-29)22-34-40-37-23-42(34)20-26-9-7-25(19-36)8-10-26/h2-18,23H,20-22H2,1H3. The van der Waals surface area contributed by atoms with Crippen LogP contribution >= 0.6 is 11.3 Å². The van der Waals surface area contributed by atoms with Crippen LogP contribution in [0, 0.1) is 18.3 Å². The first-order valence-corrected chi connectivity index (χ1v) is 14.9. The van der Waals surface area contributed by atoms with Crippen molar-refractivity contribution in [1.29, 1.82) is 5.26 Å². The van der Waals surface area contributed by atoms with E-state index in [0.717, 1.165) is 49.8 Å². The van der Waals surface area contributed by atoms with Gasteiger partial charge in [0.05, 0.1) is 52.7 Å². The summed E-state index contributed by atoms with van der Waals surface area (Å²) in [4.78, 5) is 12.1. The second-order valence-corrected chi connectivity index (χ2v) is 11.6. The summed E-state index contributed by atoms with van der Waals surface area (Å²) < 4.78 is 3.25. The molecule has 7 rings (SSSR count). The molecule has 0 fully saturated rings. The quantitative estimate of drug-likeness (QED) is 0.186. The van der Waals surface area contributed by atoms with Crippen LogP contribution in [0.25, 0.3) is 31.7 Å². The van der Waals surface area contributed by atoms with Gasteiger partial charge in [0.15, 0.2) is 5.82 Å². The lowest BCUT2D eigenvalue weighted by Crippen LogP contribution is -2.25. The largest absolute Gasteiger partial charge is 0.358 e. The molecule has 8 heteroatoms. The lowest BCUT2D eigenvalue weighted by Gasteiger charge is -2.25. The van der Waals surface area contributed by atoms with Crippen molar-refractivity contribution >= 4 is 38.1 Å². The van der Waals surface area contributed by atoms with E-state index < -0.39 is 0 Å². The Labute approximate surface area is 253 Å². The fourth-order valence-electron chi connectivity index (χ4n) is 5.19. The fourth-order valence-corrected chi connectivity index (χ4v) is 6.26. The number of hydrogen-bond acceptors (Lipinski definition) is 7. The van der Waals surface area contributed by atoms with Gasteiger partial charge in [-0.25, -0.2) is 4.98 Å². The number of rotatable bonds is 8. The number of hydrogen-bond donors (Lipinski definition) is 0. The van der Waals surface area contributed by atoms with Gasteiger partial charge in [0.25, 0.3) is 0 Å². The van der Waals surface area contributed by atoms with E-state index in [1.165, 1.54) is 10.3 Å². The summed E-state index contributed by atoms with van der Waals surface area (Å²) >= 11 is 1.72. The van der Waals surface area contributed by atoms with Crippen molar-refractivity contribution in [3.05, 3.63) is 138 Å². The highest BCUT2D eigenvalue weighted by Crippen LogP contribution is 2.32. The van der Waals surface area contributed by atoms with Gasteiger partial charge in [0.1, 0.15) is 11.3 Å². The third-order valence-corrected chi connectivity index (χ3v) is 8.56. The minimum atomic E-state index is 0.546. The van der Waals surface area contributed by atoms with Gasteiger partial charge in [-0.1, -0.05) is 42.5 Å². The number of fused-ring (bicyclic) bond motifs is 2. The molecule has 0 saturated heterocycles. The van der Waals surface area contributed by atoms with Crippen molar-refractivity contribution in [1.82, 2.24) is 24.7 Å². The van der Waals surface area contributed by atoms with Crippen LogP contribution < -0.4 is 4.90 Å². The topological polar surface area (TPSA) is 83.5 Å². The summed E-state index contributed by atoms with van der Waals surface area (Å²) in [5.74, 6) is 0.843. The van der Waals surface area contributed by atoms with Crippen molar-refractivity contribution in [2.45, 2.75) is 26.6 Å². The van der Waals surface area contributed by atoms with Crippen LogP contribution in [0.1, 0.15) is 28.2 Å². The first-order chi connectivity index (χ1) is 21.1. The fraction of sp³-hybridized carbons (Fsp3) is 0.114. The van der Waals surface area contributed by atoms with Gasteiger partial charge < -0.3 is 9.47 Å². The van der Waals surface area contributed by atoms with Gasteiger partial charge in [-0.15, -0.1) is 21.5 Å².